The third kappa shape index (κ3) is 4.46. The molecule has 4 aromatic rings. The summed E-state index contributed by atoms with van der Waals surface area (Å²) in [6, 6.07) is 10.4. The van der Waals surface area contributed by atoms with E-state index in [-0.39, 0.29) is 46.1 Å². The number of nitrogens with two attached hydrogens (primary N) is 1. The first-order valence-corrected chi connectivity index (χ1v) is 11.8. The van der Waals surface area contributed by atoms with E-state index in [4.69, 9.17) is 19.6 Å². The standard InChI is InChI=1S/C27H23F3N4O5/c1-13(31)23-21(25(35)34-12-14-6-4-5-7-15(14)22(34)26(36)38-3)33-24(39-23)17-8-10-18(37-2)20-16(17)9-11-19(32-20)27(28,29)30/h4-11,13,22H,12,31H2,1-3H3/t13-,22?/m0/s1. The summed E-state index contributed by atoms with van der Waals surface area (Å²) in [5.41, 5.74) is 6.55. The molecule has 0 spiro atoms. The van der Waals surface area contributed by atoms with Crippen LogP contribution in [0.1, 0.15) is 52.1 Å². The maximum Gasteiger partial charge on any atom is 0.433 e. The molecular weight excluding hydrogens is 517 g/mol. The van der Waals surface area contributed by atoms with Crippen molar-refractivity contribution in [1.82, 2.24) is 14.9 Å². The van der Waals surface area contributed by atoms with Crippen LogP contribution >= 0.6 is 0 Å². The number of methoxy groups -OCH3 is 2. The second-order valence-corrected chi connectivity index (χ2v) is 8.98. The summed E-state index contributed by atoms with van der Waals surface area (Å²) in [5.74, 6) is -1.11. The van der Waals surface area contributed by atoms with Crippen molar-refractivity contribution in [1.29, 1.82) is 0 Å². The first kappa shape index (κ1) is 26.2. The first-order chi connectivity index (χ1) is 18.5. The highest BCUT2D eigenvalue weighted by molar-refractivity contribution is 6.00. The molecule has 0 saturated heterocycles. The van der Waals surface area contributed by atoms with Crippen LogP contribution in [0.2, 0.25) is 0 Å². The second-order valence-electron chi connectivity index (χ2n) is 8.98. The van der Waals surface area contributed by atoms with Crippen LogP contribution in [0.25, 0.3) is 22.4 Å². The number of aromatic nitrogens is 2. The Labute approximate surface area is 220 Å². The number of hydrogen-bond acceptors (Lipinski definition) is 8. The zero-order valence-electron chi connectivity index (χ0n) is 21.1. The number of amides is 1. The number of rotatable bonds is 5. The highest BCUT2D eigenvalue weighted by Gasteiger charge is 2.41. The van der Waals surface area contributed by atoms with Gasteiger partial charge in [-0.1, -0.05) is 24.3 Å². The molecule has 1 amide bonds. The molecule has 9 nitrogen and oxygen atoms in total. The summed E-state index contributed by atoms with van der Waals surface area (Å²) in [6.45, 7) is 1.73. The number of pyridine rings is 1. The predicted molar refractivity (Wildman–Crippen MR) is 132 cm³/mol. The van der Waals surface area contributed by atoms with Gasteiger partial charge in [0.2, 0.25) is 5.89 Å². The number of alkyl halides is 3. The van der Waals surface area contributed by atoms with E-state index < -0.39 is 35.8 Å². The fourth-order valence-corrected chi connectivity index (χ4v) is 4.69. The SMILES string of the molecule is COC(=O)C1c2ccccc2CN1C(=O)c1nc(-c2ccc(OC)c3nc(C(F)(F)F)ccc23)oc1[C@H](C)N. The quantitative estimate of drug-likeness (QED) is 0.358. The van der Waals surface area contributed by atoms with Crippen molar-refractivity contribution in [3.05, 3.63) is 76.8 Å². The Balaban J connectivity index is 1.62. The van der Waals surface area contributed by atoms with E-state index in [9.17, 15) is 22.8 Å². The summed E-state index contributed by atoms with van der Waals surface area (Å²) in [5, 5.41) is 0.264. The molecule has 12 heteroatoms. The van der Waals surface area contributed by atoms with E-state index >= 15 is 0 Å². The Morgan fingerprint density at radius 3 is 2.51 bits per heavy atom. The summed E-state index contributed by atoms with van der Waals surface area (Å²) >= 11 is 0. The second kappa shape index (κ2) is 9.70. The average molecular weight is 540 g/mol. The van der Waals surface area contributed by atoms with Crippen molar-refractivity contribution in [3.63, 3.8) is 0 Å². The highest BCUT2D eigenvalue weighted by atomic mass is 19.4. The molecule has 2 atom stereocenters. The van der Waals surface area contributed by atoms with Crippen LogP contribution in [0.15, 0.2) is 52.9 Å². The minimum Gasteiger partial charge on any atom is -0.494 e. The van der Waals surface area contributed by atoms with Crippen molar-refractivity contribution in [2.45, 2.75) is 31.7 Å². The molecular formula is C27H23F3N4O5. The van der Waals surface area contributed by atoms with Crippen molar-refractivity contribution < 1.29 is 36.7 Å². The van der Waals surface area contributed by atoms with Gasteiger partial charge in [0, 0.05) is 17.5 Å². The number of nitrogens with zero attached hydrogens (tertiary/aromatic N) is 3. The fraction of sp³-hybridized carbons (Fsp3) is 0.259. The summed E-state index contributed by atoms with van der Waals surface area (Å²) < 4.78 is 56.2. The molecule has 0 saturated carbocycles. The number of hydrogen-bond donors (Lipinski definition) is 1. The molecule has 3 heterocycles. The molecule has 0 radical (unpaired) electrons. The van der Waals surface area contributed by atoms with Crippen LogP contribution in [0.5, 0.6) is 5.75 Å². The number of ether oxygens (including phenoxy) is 2. The van der Waals surface area contributed by atoms with E-state index in [2.05, 4.69) is 9.97 Å². The number of carbonyl (C=O) groups excluding carboxylic acids is 2. The maximum absolute atomic E-state index is 13.8. The van der Waals surface area contributed by atoms with E-state index in [1.165, 1.54) is 31.3 Å². The van der Waals surface area contributed by atoms with Crippen LogP contribution in [0.3, 0.4) is 0 Å². The summed E-state index contributed by atoms with van der Waals surface area (Å²) in [4.78, 5) is 36.0. The molecule has 5 rings (SSSR count). The van der Waals surface area contributed by atoms with Crippen molar-refractivity contribution >= 4 is 22.8 Å². The number of halogens is 3. The van der Waals surface area contributed by atoms with Crippen molar-refractivity contribution in [2.75, 3.05) is 14.2 Å². The van der Waals surface area contributed by atoms with Crippen molar-refractivity contribution in [2.24, 2.45) is 5.73 Å². The van der Waals surface area contributed by atoms with Gasteiger partial charge in [-0.3, -0.25) is 4.79 Å². The molecule has 1 unspecified atom stereocenters. The zero-order chi connectivity index (χ0) is 28.1. The number of esters is 1. The van der Waals surface area contributed by atoms with Gasteiger partial charge in [0.15, 0.2) is 17.5 Å². The summed E-state index contributed by atoms with van der Waals surface area (Å²) in [6.07, 6.45) is -4.66. The minimum absolute atomic E-state index is 0.0498. The fourth-order valence-electron chi connectivity index (χ4n) is 4.69. The molecule has 2 aromatic heterocycles. The number of fused-ring (bicyclic) bond motifs is 2. The Hall–Kier alpha value is -4.45. The lowest BCUT2D eigenvalue weighted by molar-refractivity contribution is -0.146. The third-order valence-corrected chi connectivity index (χ3v) is 6.52. The van der Waals surface area contributed by atoms with Crippen LogP contribution in [0, 0.1) is 0 Å². The molecule has 39 heavy (non-hydrogen) atoms. The van der Waals surface area contributed by atoms with Gasteiger partial charge in [-0.25, -0.2) is 14.8 Å². The molecule has 1 aliphatic heterocycles. The molecule has 0 bridgehead atoms. The molecule has 1 aliphatic rings. The molecule has 0 fully saturated rings. The molecule has 202 valence electrons. The lowest BCUT2D eigenvalue weighted by Gasteiger charge is -2.22. The minimum atomic E-state index is -4.66. The van der Waals surface area contributed by atoms with E-state index in [1.807, 2.05) is 6.07 Å². The average Bonchev–Trinajstić information content (AvgIpc) is 3.53. The van der Waals surface area contributed by atoms with Gasteiger partial charge in [0.05, 0.1) is 20.3 Å². The highest BCUT2D eigenvalue weighted by Crippen LogP contribution is 2.39. The van der Waals surface area contributed by atoms with E-state index in [0.717, 1.165) is 11.6 Å². The van der Waals surface area contributed by atoms with E-state index in [0.29, 0.717) is 5.56 Å². The monoisotopic (exact) mass is 540 g/mol. The smallest absolute Gasteiger partial charge is 0.433 e. The molecule has 0 aliphatic carbocycles. The largest absolute Gasteiger partial charge is 0.494 e. The first-order valence-electron chi connectivity index (χ1n) is 11.8. The van der Waals surface area contributed by atoms with Crippen LogP contribution in [-0.2, 0) is 22.3 Å². The maximum atomic E-state index is 13.8. The third-order valence-electron chi connectivity index (χ3n) is 6.52. The van der Waals surface area contributed by atoms with Gasteiger partial charge >= 0.3 is 12.1 Å². The number of benzene rings is 2. The normalized spacial score (nSPS) is 15.8. The van der Waals surface area contributed by atoms with Gasteiger partial charge in [0.1, 0.15) is 17.0 Å². The number of carbonyl (C=O) groups is 2. The van der Waals surface area contributed by atoms with Gasteiger partial charge in [-0.05, 0) is 42.3 Å². The Bertz CT molecular complexity index is 1600. The Morgan fingerprint density at radius 1 is 1.10 bits per heavy atom. The van der Waals surface area contributed by atoms with E-state index in [1.54, 1.807) is 31.2 Å². The zero-order valence-corrected chi connectivity index (χ0v) is 21.1. The van der Waals surface area contributed by atoms with Crippen molar-refractivity contribution in [3.8, 4) is 17.2 Å². The van der Waals surface area contributed by atoms with Crippen LogP contribution in [0.4, 0.5) is 13.2 Å². The van der Waals surface area contributed by atoms with Gasteiger partial charge in [-0.2, -0.15) is 13.2 Å². The predicted octanol–water partition coefficient (Wildman–Crippen LogP) is 4.81. The lowest BCUT2D eigenvalue weighted by atomic mass is 10.1. The number of oxazole rings is 1. The Kier molecular flexibility index (Phi) is 6.51. The topological polar surface area (TPSA) is 121 Å². The van der Waals surface area contributed by atoms with Crippen LogP contribution in [-0.4, -0.2) is 41.0 Å². The Morgan fingerprint density at radius 2 is 1.85 bits per heavy atom. The lowest BCUT2D eigenvalue weighted by Crippen LogP contribution is -2.35. The molecule has 2 aromatic carbocycles. The van der Waals surface area contributed by atoms with Gasteiger partial charge in [0.25, 0.3) is 5.91 Å². The van der Waals surface area contributed by atoms with Gasteiger partial charge < -0.3 is 24.5 Å². The molecule has 2 N–H and O–H groups in total. The van der Waals surface area contributed by atoms with Crippen LogP contribution < -0.4 is 10.5 Å². The van der Waals surface area contributed by atoms with Gasteiger partial charge in [-0.15, -0.1) is 0 Å². The summed E-state index contributed by atoms with van der Waals surface area (Å²) in [7, 11) is 2.55.